The van der Waals surface area contributed by atoms with Gasteiger partial charge in [-0.1, -0.05) is 0 Å². The molecule has 0 heterocycles. The molecule has 1 unspecified atom stereocenters. The Bertz CT molecular complexity index is 553. The second-order valence-electron chi connectivity index (χ2n) is 5.56. The first-order chi connectivity index (χ1) is 9.96. The fraction of sp³-hybridized carbons (Fsp3) is 0.600. The molecular weight excluding hydrogens is 288 g/mol. The van der Waals surface area contributed by atoms with E-state index < -0.39 is 10.0 Å². The quantitative estimate of drug-likeness (QED) is 0.743. The maximum atomic E-state index is 12.5. The summed E-state index contributed by atoms with van der Waals surface area (Å²) in [5, 5.41) is 0. The molecule has 0 spiro atoms. The highest BCUT2D eigenvalue weighted by atomic mass is 32.2. The van der Waals surface area contributed by atoms with Crippen LogP contribution in [0.4, 0.5) is 0 Å². The van der Waals surface area contributed by atoms with Crippen LogP contribution in [-0.2, 0) is 10.0 Å². The van der Waals surface area contributed by atoms with Crippen LogP contribution in [0.2, 0.25) is 0 Å². The molecule has 1 aliphatic rings. The van der Waals surface area contributed by atoms with Gasteiger partial charge < -0.3 is 10.5 Å². The predicted molar refractivity (Wildman–Crippen MR) is 82.7 cm³/mol. The number of benzene rings is 1. The van der Waals surface area contributed by atoms with E-state index in [1.165, 1.54) is 4.31 Å². The lowest BCUT2D eigenvalue weighted by molar-refractivity contribution is 0.313. The fourth-order valence-corrected chi connectivity index (χ4v) is 3.66. The first-order valence-electron chi connectivity index (χ1n) is 7.38. The smallest absolute Gasteiger partial charge is 0.243 e. The Balaban J connectivity index is 2.05. The van der Waals surface area contributed by atoms with Crippen LogP contribution in [0.15, 0.2) is 29.2 Å². The average Bonchev–Trinajstić information content (AvgIpc) is 3.31. The van der Waals surface area contributed by atoms with Crippen molar-refractivity contribution in [3.05, 3.63) is 24.3 Å². The van der Waals surface area contributed by atoms with Crippen molar-refractivity contribution in [2.24, 2.45) is 11.7 Å². The second-order valence-corrected chi connectivity index (χ2v) is 7.56. The van der Waals surface area contributed by atoms with Gasteiger partial charge in [0.15, 0.2) is 0 Å². The van der Waals surface area contributed by atoms with Crippen molar-refractivity contribution >= 4 is 10.0 Å². The highest BCUT2D eigenvalue weighted by Crippen LogP contribution is 2.36. The molecular formula is C15H24N2O3S. The number of rotatable bonds is 8. The number of ether oxygens (including phenoxy) is 1. The molecule has 21 heavy (non-hydrogen) atoms. The van der Waals surface area contributed by atoms with Gasteiger partial charge in [0, 0.05) is 13.1 Å². The van der Waals surface area contributed by atoms with Crippen LogP contribution in [0, 0.1) is 5.92 Å². The van der Waals surface area contributed by atoms with Gasteiger partial charge in [-0.15, -0.1) is 0 Å². The molecule has 2 rings (SSSR count). The van der Waals surface area contributed by atoms with E-state index in [0.29, 0.717) is 29.7 Å². The number of hydrogen-bond donors (Lipinski definition) is 1. The molecule has 0 radical (unpaired) electrons. The lowest BCUT2D eigenvalue weighted by Crippen LogP contribution is -2.36. The third kappa shape index (κ3) is 3.96. The van der Waals surface area contributed by atoms with Crippen LogP contribution in [-0.4, -0.2) is 39.0 Å². The van der Waals surface area contributed by atoms with Crippen LogP contribution in [0.3, 0.4) is 0 Å². The number of sulfonamides is 1. The monoisotopic (exact) mass is 312 g/mol. The summed E-state index contributed by atoms with van der Waals surface area (Å²) in [4.78, 5) is 0.309. The van der Waals surface area contributed by atoms with Crippen LogP contribution in [0.1, 0.15) is 26.2 Å². The third-order valence-electron chi connectivity index (χ3n) is 4.00. The molecule has 1 aliphatic carbocycles. The van der Waals surface area contributed by atoms with Gasteiger partial charge >= 0.3 is 0 Å². The van der Waals surface area contributed by atoms with Crippen molar-refractivity contribution < 1.29 is 13.2 Å². The van der Waals surface area contributed by atoms with Crippen molar-refractivity contribution in [3.8, 4) is 5.75 Å². The van der Waals surface area contributed by atoms with E-state index in [0.717, 1.165) is 19.3 Å². The Labute approximate surface area is 127 Å². The third-order valence-corrected chi connectivity index (χ3v) is 5.95. The van der Waals surface area contributed by atoms with E-state index in [1.54, 1.807) is 31.3 Å². The molecule has 1 saturated carbocycles. The minimum absolute atomic E-state index is 0.0514. The molecule has 118 valence electrons. The zero-order chi connectivity index (χ0) is 15.5. The van der Waals surface area contributed by atoms with Gasteiger partial charge in [0.25, 0.3) is 0 Å². The first-order valence-corrected chi connectivity index (χ1v) is 8.82. The van der Waals surface area contributed by atoms with Gasteiger partial charge in [-0.3, -0.25) is 0 Å². The highest BCUT2D eigenvalue weighted by Gasteiger charge is 2.35. The summed E-state index contributed by atoms with van der Waals surface area (Å²) in [5.41, 5.74) is 5.40. The van der Waals surface area contributed by atoms with Crippen molar-refractivity contribution in [3.63, 3.8) is 0 Å². The summed E-state index contributed by atoms with van der Waals surface area (Å²) in [6.45, 7) is 3.09. The van der Waals surface area contributed by atoms with Crippen molar-refractivity contribution in [1.29, 1.82) is 0 Å². The molecule has 0 saturated heterocycles. The van der Waals surface area contributed by atoms with Crippen LogP contribution in [0.5, 0.6) is 5.75 Å². The lowest BCUT2D eigenvalue weighted by atomic mass is 10.2. The summed E-state index contributed by atoms with van der Waals surface area (Å²) in [6.07, 6.45) is 3.02. The van der Waals surface area contributed by atoms with Crippen molar-refractivity contribution in [2.45, 2.75) is 37.1 Å². The van der Waals surface area contributed by atoms with Gasteiger partial charge in [0.05, 0.1) is 11.5 Å². The molecule has 1 atom stereocenters. The van der Waals surface area contributed by atoms with E-state index in [1.807, 2.05) is 6.92 Å². The molecule has 6 heteroatoms. The first kappa shape index (κ1) is 16.3. The summed E-state index contributed by atoms with van der Waals surface area (Å²) in [6, 6.07) is 6.64. The Morgan fingerprint density at radius 2 is 1.95 bits per heavy atom. The Morgan fingerprint density at radius 3 is 2.48 bits per heavy atom. The average molecular weight is 312 g/mol. The number of hydrogen-bond acceptors (Lipinski definition) is 4. The zero-order valence-electron chi connectivity index (χ0n) is 12.7. The fourth-order valence-electron chi connectivity index (χ4n) is 2.24. The summed E-state index contributed by atoms with van der Waals surface area (Å²) in [7, 11) is -1.77. The maximum absolute atomic E-state index is 12.5. The Hall–Kier alpha value is -1.11. The van der Waals surface area contributed by atoms with Gasteiger partial charge in [-0.05, 0) is 62.9 Å². The van der Waals surface area contributed by atoms with E-state index in [4.69, 9.17) is 10.5 Å². The minimum atomic E-state index is -3.43. The standard InChI is InChI=1S/C15H24N2O3S/c1-12(13-4-5-13)17(2)21(18,19)15-8-6-14(7-9-15)20-11-3-10-16/h6-9,12-13H,3-5,10-11,16H2,1-2H3. The highest BCUT2D eigenvalue weighted by molar-refractivity contribution is 7.89. The van der Waals surface area contributed by atoms with E-state index in [9.17, 15) is 8.42 Å². The van der Waals surface area contributed by atoms with Gasteiger partial charge in [0.1, 0.15) is 5.75 Å². The molecule has 1 aromatic rings. The van der Waals surface area contributed by atoms with Gasteiger partial charge in [-0.2, -0.15) is 4.31 Å². The van der Waals surface area contributed by atoms with Crippen LogP contribution < -0.4 is 10.5 Å². The molecule has 0 amide bonds. The predicted octanol–water partition coefficient (Wildman–Crippen LogP) is 1.83. The normalized spacial score (nSPS) is 17.0. The molecule has 5 nitrogen and oxygen atoms in total. The topological polar surface area (TPSA) is 72.6 Å². The van der Waals surface area contributed by atoms with E-state index in [2.05, 4.69) is 0 Å². The molecule has 0 aliphatic heterocycles. The summed E-state index contributed by atoms with van der Waals surface area (Å²) in [5.74, 6) is 1.17. The summed E-state index contributed by atoms with van der Waals surface area (Å²) < 4.78 is 32.1. The van der Waals surface area contributed by atoms with E-state index in [-0.39, 0.29) is 6.04 Å². The number of nitrogens with zero attached hydrogens (tertiary/aromatic N) is 1. The van der Waals surface area contributed by atoms with Gasteiger partial charge in [0.2, 0.25) is 10.0 Å². The van der Waals surface area contributed by atoms with Crippen LogP contribution in [0.25, 0.3) is 0 Å². The van der Waals surface area contributed by atoms with E-state index >= 15 is 0 Å². The van der Waals surface area contributed by atoms with Gasteiger partial charge in [-0.25, -0.2) is 8.42 Å². The molecule has 0 bridgehead atoms. The molecule has 2 N–H and O–H groups in total. The van der Waals surface area contributed by atoms with Crippen LogP contribution >= 0.6 is 0 Å². The second kappa shape index (κ2) is 6.77. The molecule has 0 aromatic heterocycles. The summed E-state index contributed by atoms with van der Waals surface area (Å²) >= 11 is 0. The molecule has 1 fully saturated rings. The largest absolute Gasteiger partial charge is 0.494 e. The van der Waals surface area contributed by atoms with Crippen molar-refractivity contribution in [2.75, 3.05) is 20.2 Å². The molecule has 1 aromatic carbocycles. The van der Waals surface area contributed by atoms with Crippen molar-refractivity contribution in [1.82, 2.24) is 4.31 Å². The SMILES string of the molecule is CC(C1CC1)N(C)S(=O)(=O)c1ccc(OCCCN)cc1. The lowest BCUT2D eigenvalue weighted by Gasteiger charge is -2.24. The number of nitrogens with two attached hydrogens (primary N) is 1. The Morgan fingerprint density at radius 1 is 1.33 bits per heavy atom. The maximum Gasteiger partial charge on any atom is 0.243 e. The Kier molecular flexibility index (Phi) is 5.24. The minimum Gasteiger partial charge on any atom is -0.494 e. The zero-order valence-corrected chi connectivity index (χ0v) is 13.5.